The highest BCUT2D eigenvalue weighted by Crippen LogP contribution is 2.34. The lowest BCUT2D eigenvalue weighted by molar-refractivity contribution is -0.131. The molecule has 28 heavy (non-hydrogen) atoms. The first kappa shape index (κ1) is 20.9. The molecule has 0 N–H and O–H groups in total. The van der Waals surface area contributed by atoms with Crippen molar-refractivity contribution in [2.75, 3.05) is 0 Å². The van der Waals surface area contributed by atoms with Crippen LogP contribution in [0.15, 0.2) is 48.6 Å². The first-order valence-corrected chi connectivity index (χ1v) is 7.75. The average molecular weight is 394 g/mol. The van der Waals surface area contributed by atoms with Crippen LogP contribution >= 0.6 is 0 Å². The highest BCUT2D eigenvalue weighted by Gasteiger charge is 2.22. The molecule has 0 bridgehead atoms. The lowest BCUT2D eigenvalue weighted by Crippen LogP contribution is -2.11. The van der Waals surface area contributed by atoms with E-state index >= 15 is 0 Å². The maximum absolute atomic E-state index is 14.3. The predicted molar refractivity (Wildman–Crippen MR) is 92.6 cm³/mol. The van der Waals surface area contributed by atoms with Crippen molar-refractivity contribution in [3.8, 4) is 22.6 Å². The molecular formula is C20H14F4O4. The summed E-state index contributed by atoms with van der Waals surface area (Å²) in [4.78, 5) is 22.9. The average Bonchev–Trinajstić information content (AvgIpc) is 2.61. The van der Waals surface area contributed by atoms with Gasteiger partial charge in [-0.15, -0.1) is 0 Å². The Balaban J connectivity index is 2.44. The van der Waals surface area contributed by atoms with Gasteiger partial charge in [-0.05, 0) is 43.7 Å². The molecule has 0 radical (unpaired) electrons. The minimum absolute atomic E-state index is 0.0343. The van der Waals surface area contributed by atoms with Crippen molar-refractivity contribution < 1.29 is 36.6 Å². The largest absolute Gasteiger partial charge is 0.420 e. The van der Waals surface area contributed by atoms with Gasteiger partial charge in [0.05, 0.1) is 0 Å². The van der Waals surface area contributed by atoms with Gasteiger partial charge in [0, 0.05) is 16.7 Å². The molecular weight excluding hydrogens is 380 g/mol. The zero-order chi connectivity index (χ0) is 21.2. The fourth-order valence-corrected chi connectivity index (χ4v) is 2.01. The minimum Gasteiger partial charge on any atom is -0.420 e. The van der Waals surface area contributed by atoms with Crippen molar-refractivity contribution in [1.82, 2.24) is 0 Å². The van der Waals surface area contributed by atoms with Crippen molar-refractivity contribution in [3.05, 3.63) is 71.8 Å². The number of carbonyl (C=O) groups excluding carboxylic acids is 2. The van der Waals surface area contributed by atoms with E-state index in [1.54, 1.807) is 0 Å². The molecule has 0 atom stereocenters. The van der Waals surface area contributed by atoms with Gasteiger partial charge >= 0.3 is 11.9 Å². The Hall–Kier alpha value is -3.42. The zero-order valence-electron chi connectivity index (χ0n) is 14.9. The Bertz CT molecular complexity index is 989. The first-order chi connectivity index (χ1) is 13.0. The molecule has 8 heteroatoms. The second-order valence-electron chi connectivity index (χ2n) is 5.85. The van der Waals surface area contributed by atoms with E-state index in [9.17, 15) is 27.2 Å². The molecule has 2 aromatic carbocycles. The molecule has 0 spiro atoms. The normalized spacial score (nSPS) is 10.4. The molecule has 0 aromatic heterocycles. The molecule has 0 saturated carbocycles. The molecule has 0 saturated heterocycles. The summed E-state index contributed by atoms with van der Waals surface area (Å²) < 4.78 is 66.0. The van der Waals surface area contributed by atoms with Gasteiger partial charge < -0.3 is 9.47 Å². The Labute approximate surface area is 157 Å². The van der Waals surface area contributed by atoms with Crippen LogP contribution in [-0.4, -0.2) is 11.9 Å². The van der Waals surface area contributed by atoms with Crippen molar-refractivity contribution in [2.24, 2.45) is 0 Å². The summed E-state index contributed by atoms with van der Waals surface area (Å²) in [5.41, 5.74) is -0.980. The summed E-state index contributed by atoms with van der Waals surface area (Å²) >= 11 is 0. The number of ether oxygens (including phenoxy) is 2. The van der Waals surface area contributed by atoms with E-state index in [0.29, 0.717) is 12.1 Å². The Kier molecular flexibility index (Phi) is 6.03. The van der Waals surface area contributed by atoms with Crippen molar-refractivity contribution in [2.45, 2.75) is 13.8 Å². The molecule has 146 valence electrons. The van der Waals surface area contributed by atoms with E-state index in [1.165, 1.54) is 13.8 Å². The fourth-order valence-electron chi connectivity index (χ4n) is 2.01. The van der Waals surface area contributed by atoms with Crippen molar-refractivity contribution in [3.63, 3.8) is 0 Å². The monoisotopic (exact) mass is 394 g/mol. The Morgan fingerprint density at radius 3 is 1.82 bits per heavy atom. The molecule has 2 rings (SSSR count). The van der Waals surface area contributed by atoms with Gasteiger partial charge in [0.25, 0.3) is 0 Å². The summed E-state index contributed by atoms with van der Waals surface area (Å²) in [6.45, 7) is 9.20. The van der Waals surface area contributed by atoms with Crippen LogP contribution in [0, 0.1) is 23.3 Å². The van der Waals surface area contributed by atoms with Gasteiger partial charge in [0.2, 0.25) is 11.6 Å². The second kappa shape index (κ2) is 8.08. The number of esters is 2. The van der Waals surface area contributed by atoms with E-state index in [4.69, 9.17) is 0 Å². The number of rotatable bonds is 5. The van der Waals surface area contributed by atoms with Crippen LogP contribution < -0.4 is 9.47 Å². The van der Waals surface area contributed by atoms with Gasteiger partial charge in [0.1, 0.15) is 0 Å². The highest BCUT2D eigenvalue weighted by atomic mass is 19.2. The molecule has 0 aliphatic rings. The quantitative estimate of drug-likeness (QED) is 0.314. The third-order valence-corrected chi connectivity index (χ3v) is 3.45. The standard InChI is InChI=1S/C20H14F4O4/c1-9(2)19(25)27-15-6-5-12(16(23)17(15)24)11-7-13(21)18(14(22)8-11)28-20(26)10(3)4/h5-8H,1,3H2,2,4H3. The van der Waals surface area contributed by atoms with E-state index in [-0.39, 0.29) is 16.7 Å². The predicted octanol–water partition coefficient (Wildman–Crippen LogP) is 4.87. The van der Waals surface area contributed by atoms with E-state index in [1.807, 2.05) is 0 Å². The Morgan fingerprint density at radius 1 is 0.821 bits per heavy atom. The summed E-state index contributed by atoms with van der Waals surface area (Å²) in [6, 6.07) is 3.25. The molecule has 0 aliphatic carbocycles. The zero-order valence-corrected chi connectivity index (χ0v) is 14.9. The van der Waals surface area contributed by atoms with Crippen LogP contribution in [0.1, 0.15) is 13.8 Å². The number of hydrogen-bond donors (Lipinski definition) is 0. The molecule has 0 unspecified atom stereocenters. The smallest absolute Gasteiger partial charge is 0.338 e. The van der Waals surface area contributed by atoms with Gasteiger partial charge in [-0.1, -0.05) is 13.2 Å². The van der Waals surface area contributed by atoms with Crippen LogP contribution in [0.2, 0.25) is 0 Å². The number of hydrogen-bond acceptors (Lipinski definition) is 4. The van der Waals surface area contributed by atoms with Gasteiger partial charge in [-0.25, -0.2) is 22.8 Å². The summed E-state index contributed by atoms with van der Waals surface area (Å²) in [6.07, 6.45) is 0. The second-order valence-corrected chi connectivity index (χ2v) is 5.85. The maximum atomic E-state index is 14.3. The Morgan fingerprint density at radius 2 is 1.32 bits per heavy atom. The maximum Gasteiger partial charge on any atom is 0.338 e. The highest BCUT2D eigenvalue weighted by molar-refractivity contribution is 5.89. The number of benzene rings is 2. The van der Waals surface area contributed by atoms with E-state index in [2.05, 4.69) is 22.6 Å². The molecule has 0 amide bonds. The minimum atomic E-state index is -1.52. The van der Waals surface area contributed by atoms with E-state index in [0.717, 1.165) is 12.1 Å². The van der Waals surface area contributed by atoms with Crippen LogP contribution in [0.3, 0.4) is 0 Å². The van der Waals surface area contributed by atoms with Crippen molar-refractivity contribution in [1.29, 1.82) is 0 Å². The van der Waals surface area contributed by atoms with Crippen LogP contribution in [0.5, 0.6) is 11.5 Å². The van der Waals surface area contributed by atoms with Crippen LogP contribution in [0.4, 0.5) is 17.6 Å². The molecule has 0 fully saturated rings. The van der Waals surface area contributed by atoms with Crippen LogP contribution in [-0.2, 0) is 9.59 Å². The summed E-state index contributed by atoms with van der Waals surface area (Å²) in [5, 5.41) is 0. The number of halogens is 4. The third-order valence-electron chi connectivity index (χ3n) is 3.45. The third kappa shape index (κ3) is 4.28. The van der Waals surface area contributed by atoms with E-state index < -0.39 is 52.3 Å². The van der Waals surface area contributed by atoms with Gasteiger partial charge in [0.15, 0.2) is 23.2 Å². The molecule has 0 aliphatic heterocycles. The summed E-state index contributed by atoms with van der Waals surface area (Å²) in [7, 11) is 0. The lowest BCUT2D eigenvalue weighted by Gasteiger charge is -2.11. The summed E-state index contributed by atoms with van der Waals surface area (Å²) in [5.74, 6) is -9.34. The SMILES string of the molecule is C=C(C)C(=O)Oc1ccc(-c2cc(F)c(OC(=O)C(=C)C)c(F)c2)c(F)c1F. The topological polar surface area (TPSA) is 52.6 Å². The van der Waals surface area contributed by atoms with Crippen molar-refractivity contribution >= 4 is 11.9 Å². The first-order valence-electron chi connectivity index (χ1n) is 7.75. The fraction of sp³-hybridized carbons (Fsp3) is 0.100. The van der Waals surface area contributed by atoms with Gasteiger partial charge in [-0.3, -0.25) is 0 Å². The van der Waals surface area contributed by atoms with Crippen LogP contribution in [0.25, 0.3) is 11.1 Å². The molecule has 4 nitrogen and oxygen atoms in total. The lowest BCUT2D eigenvalue weighted by atomic mass is 10.0. The molecule has 2 aromatic rings. The number of carbonyl (C=O) groups is 2. The molecule has 0 heterocycles. The van der Waals surface area contributed by atoms with Gasteiger partial charge in [-0.2, -0.15) is 4.39 Å².